The van der Waals surface area contributed by atoms with Crippen LogP contribution in [0.4, 0.5) is 0 Å². The number of benzene rings is 1. The van der Waals surface area contributed by atoms with Crippen LogP contribution in [0.2, 0.25) is 0 Å². The van der Waals surface area contributed by atoms with Crippen LogP contribution in [0.5, 0.6) is 0 Å². The predicted octanol–water partition coefficient (Wildman–Crippen LogP) is 2.42. The van der Waals surface area contributed by atoms with Gasteiger partial charge >= 0.3 is 0 Å². The molecule has 0 fully saturated rings. The molecule has 0 bridgehead atoms. The van der Waals surface area contributed by atoms with Crippen molar-refractivity contribution >= 4 is 16.9 Å². The van der Waals surface area contributed by atoms with Gasteiger partial charge in [-0.25, -0.2) is 0 Å². The summed E-state index contributed by atoms with van der Waals surface area (Å²) in [6, 6.07) is 15.8. The summed E-state index contributed by atoms with van der Waals surface area (Å²) in [5.41, 5.74) is 4.14. The predicted molar refractivity (Wildman–Crippen MR) is 104 cm³/mol. The van der Waals surface area contributed by atoms with Crippen LogP contribution >= 0.6 is 0 Å². The molecule has 3 aromatic rings. The molecule has 2 N–H and O–H groups in total. The number of nitrogens with zero attached hydrogens (tertiary/aromatic N) is 4. The first-order chi connectivity index (χ1) is 12.4. The fraction of sp³-hybridized carbons (Fsp3) is 0.300. The van der Waals surface area contributed by atoms with E-state index in [1.807, 2.05) is 55.9 Å². The molecule has 0 saturated carbocycles. The van der Waals surface area contributed by atoms with E-state index in [4.69, 9.17) is 5.41 Å². The minimum absolute atomic E-state index is 0.364. The molecule has 2 heterocycles. The number of nitrogens with one attached hydrogen (secondary N) is 1. The van der Waals surface area contributed by atoms with Gasteiger partial charge in [0.05, 0.1) is 16.7 Å². The highest BCUT2D eigenvalue weighted by atomic mass is 16.3. The van der Waals surface area contributed by atoms with Gasteiger partial charge in [-0.3, -0.25) is 19.9 Å². The maximum Gasteiger partial charge on any atom is 0.148 e. The summed E-state index contributed by atoms with van der Waals surface area (Å²) in [5, 5.41) is 19.0. The summed E-state index contributed by atoms with van der Waals surface area (Å²) in [7, 11) is 5.41. The third kappa shape index (κ3) is 3.21. The Balaban J connectivity index is 2.29. The molecule has 0 saturated heterocycles. The molecule has 6 heteroatoms. The van der Waals surface area contributed by atoms with E-state index in [0.717, 1.165) is 28.1 Å². The van der Waals surface area contributed by atoms with Crippen molar-refractivity contribution < 1.29 is 5.11 Å². The van der Waals surface area contributed by atoms with Crippen LogP contribution in [-0.4, -0.2) is 46.1 Å². The topological polar surface area (TPSA) is 69.5 Å². The third-order valence-electron chi connectivity index (χ3n) is 4.61. The maximum atomic E-state index is 10.7. The number of aliphatic imine (C=N–C) groups is 1. The summed E-state index contributed by atoms with van der Waals surface area (Å²) in [6.07, 6.45) is -0.743. The van der Waals surface area contributed by atoms with Gasteiger partial charge < -0.3 is 9.67 Å². The summed E-state index contributed by atoms with van der Waals surface area (Å²) in [4.78, 5) is 6.02. The normalized spacial score (nSPS) is 13.5. The van der Waals surface area contributed by atoms with Gasteiger partial charge in [0.25, 0.3) is 0 Å². The Kier molecular flexibility index (Phi) is 5.06. The lowest BCUT2D eigenvalue weighted by Gasteiger charge is -2.21. The lowest BCUT2D eigenvalue weighted by Crippen LogP contribution is -2.24. The van der Waals surface area contributed by atoms with E-state index in [9.17, 15) is 5.11 Å². The molecule has 26 heavy (non-hydrogen) atoms. The number of aliphatic hydroxyl groups is 1. The van der Waals surface area contributed by atoms with Gasteiger partial charge in [-0.2, -0.15) is 0 Å². The van der Waals surface area contributed by atoms with Crippen LogP contribution in [0.1, 0.15) is 24.4 Å². The number of aliphatic hydroxyl groups excluding tert-OH is 1. The molecule has 0 aliphatic heterocycles. The largest absolute Gasteiger partial charge is 0.373 e. The van der Waals surface area contributed by atoms with Crippen molar-refractivity contribution in [1.82, 2.24) is 14.0 Å². The van der Waals surface area contributed by atoms with E-state index >= 15 is 0 Å². The van der Waals surface area contributed by atoms with Crippen LogP contribution in [-0.2, 0) is 6.54 Å². The Morgan fingerprint density at radius 1 is 1.15 bits per heavy atom. The fourth-order valence-corrected chi connectivity index (χ4v) is 3.16. The summed E-state index contributed by atoms with van der Waals surface area (Å²) < 4.78 is 3.91. The lowest BCUT2D eigenvalue weighted by molar-refractivity contribution is 0.0333. The van der Waals surface area contributed by atoms with E-state index < -0.39 is 6.23 Å². The van der Waals surface area contributed by atoms with Crippen molar-refractivity contribution in [2.24, 2.45) is 4.99 Å². The molecule has 1 unspecified atom stereocenters. The minimum Gasteiger partial charge on any atom is -0.373 e. The Morgan fingerprint density at radius 3 is 2.46 bits per heavy atom. The van der Waals surface area contributed by atoms with Crippen LogP contribution in [0.3, 0.4) is 0 Å². The van der Waals surface area contributed by atoms with Crippen molar-refractivity contribution in [2.75, 3.05) is 21.1 Å². The van der Waals surface area contributed by atoms with Crippen molar-refractivity contribution in [1.29, 1.82) is 5.41 Å². The SMILES string of the molecule is CN=C(C)n1c(=N)ccc2c1cc(C(O)N(C)C)n2Cc1ccccc1. The molecule has 1 aromatic carbocycles. The molecular formula is C20H25N5O. The zero-order valence-electron chi connectivity index (χ0n) is 15.6. The zero-order valence-corrected chi connectivity index (χ0v) is 15.6. The fourth-order valence-electron chi connectivity index (χ4n) is 3.16. The van der Waals surface area contributed by atoms with E-state index in [2.05, 4.69) is 21.7 Å². The molecule has 2 aromatic heterocycles. The molecule has 6 nitrogen and oxygen atoms in total. The summed E-state index contributed by atoms with van der Waals surface area (Å²) in [5.74, 6) is 0.739. The third-order valence-corrected chi connectivity index (χ3v) is 4.61. The Morgan fingerprint density at radius 2 is 1.85 bits per heavy atom. The van der Waals surface area contributed by atoms with E-state index in [1.165, 1.54) is 0 Å². The number of aromatic nitrogens is 2. The van der Waals surface area contributed by atoms with Crippen LogP contribution in [0.15, 0.2) is 53.5 Å². The van der Waals surface area contributed by atoms with E-state index in [-0.39, 0.29) is 0 Å². The standard InChI is InChI=1S/C20H25N5O/c1-14(22-2)25-17-12-18(20(26)23(3)4)24(16(17)10-11-19(25)21)13-15-8-6-5-7-9-15/h5-12,20-21,26H,13H2,1-4H3. The number of fused-ring (bicyclic) bond motifs is 1. The van der Waals surface area contributed by atoms with Crippen LogP contribution in [0.25, 0.3) is 11.0 Å². The van der Waals surface area contributed by atoms with Crippen molar-refractivity contribution in [2.45, 2.75) is 19.7 Å². The first-order valence-corrected chi connectivity index (χ1v) is 8.56. The summed E-state index contributed by atoms with van der Waals surface area (Å²) in [6.45, 7) is 2.53. The van der Waals surface area contributed by atoms with Crippen LogP contribution < -0.4 is 5.49 Å². The van der Waals surface area contributed by atoms with Crippen LogP contribution in [0, 0.1) is 5.41 Å². The highest BCUT2D eigenvalue weighted by molar-refractivity contribution is 5.92. The van der Waals surface area contributed by atoms with Crippen molar-refractivity contribution in [3.05, 3.63) is 65.3 Å². The second-order valence-corrected chi connectivity index (χ2v) is 6.57. The van der Waals surface area contributed by atoms with Gasteiger partial charge in [0, 0.05) is 13.6 Å². The highest BCUT2D eigenvalue weighted by Crippen LogP contribution is 2.26. The monoisotopic (exact) mass is 351 g/mol. The minimum atomic E-state index is -0.743. The quantitative estimate of drug-likeness (QED) is 0.431. The Bertz CT molecular complexity index is 998. The second-order valence-electron chi connectivity index (χ2n) is 6.57. The second kappa shape index (κ2) is 7.27. The van der Waals surface area contributed by atoms with Crippen molar-refractivity contribution in [3.8, 4) is 0 Å². The van der Waals surface area contributed by atoms with Gasteiger partial charge in [-0.15, -0.1) is 0 Å². The molecule has 0 aliphatic carbocycles. The zero-order chi connectivity index (χ0) is 18.8. The lowest BCUT2D eigenvalue weighted by atomic mass is 10.2. The molecule has 1 atom stereocenters. The first-order valence-electron chi connectivity index (χ1n) is 8.56. The van der Waals surface area contributed by atoms with Gasteiger partial charge in [-0.1, -0.05) is 30.3 Å². The average molecular weight is 351 g/mol. The molecule has 136 valence electrons. The van der Waals surface area contributed by atoms with E-state index in [0.29, 0.717) is 12.0 Å². The van der Waals surface area contributed by atoms with Gasteiger partial charge in [-0.05, 0) is 44.8 Å². The smallest absolute Gasteiger partial charge is 0.148 e. The molecular weight excluding hydrogens is 326 g/mol. The summed E-state index contributed by atoms with van der Waals surface area (Å²) >= 11 is 0. The van der Waals surface area contributed by atoms with Gasteiger partial charge in [0.15, 0.2) is 0 Å². The highest BCUT2D eigenvalue weighted by Gasteiger charge is 2.20. The first kappa shape index (κ1) is 18.1. The Hall–Kier alpha value is -2.70. The number of rotatable bonds is 4. The molecule has 0 spiro atoms. The number of pyridine rings is 1. The number of hydrogen-bond acceptors (Lipinski definition) is 4. The van der Waals surface area contributed by atoms with E-state index in [1.54, 1.807) is 18.0 Å². The Labute approximate surface area is 153 Å². The number of hydrogen-bond donors (Lipinski definition) is 2. The molecule has 0 amide bonds. The molecule has 0 aliphatic rings. The average Bonchev–Trinajstić information content (AvgIpc) is 2.99. The molecule has 0 radical (unpaired) electrons. The van der Waals surface area contributed by atoms with Crippen molar-refractivity contribution in [3.63, 3.8) is 0 Å². The molecule has 3 rings (SSSR count). The van der Waals surface area contributed by atoms with Gasteiger partial charge in [0.1, 0.15) is 17.6 Å². The van der Waals surface area contributed by atoms with Gasteiger partial charge in [0.2, 0.25) is 0 Å². The maximum absolute atomic E-state index is 10.7.